The van der Waals surface area contributed by atoms with Gasteiger partial charge in [0, 0.05) is 19.2 Å². The Kier molecular flexibility index (Phi) is 3.43. The van der Waals surface area contributed by atoms with Gasteiger partial charge in [-0.25, -0.2) is 4.79 Å². The van der Waals surface area contributed by atoms with E-state index in [0.29, 0.717) is 13.1 Å². The lowest BCUT2D eigenvalue weighted by Crippen LogP contribution is -2.41. The molecule has 3 heterocycles. The Morgan fingerprint density at radius 3 is 3.05 bits per heavy atom. The molecule has 0 saturated carbocycles. The van der Waals surface area contributed by atoms with Gasteiger partial charge in [-0.3, -0.25) is 14.6 Å². The fourth-order valence-electron chi connectivity index (χ4n) is 2.86. The van der Waals surface area contributed by atoms with E-state index in [9.17, 15) is 9.59 Å². The van der Waals surface area contributed by atoms with Crippen molar-refractivity contribution in [1.29, 1.82) is 0 Å². The van der Waals surface area contributed by atoms with Crippen molar-refractivity contribution in [3.63, 3.8) is 0 Å². The van der Waals surface area contributed by atoms with E-state index in [1.807, 2.05) is 13.0 Å². The van der Waals surface area contributed by atoms with Crippen LogP contribution in [0.25, 0.3) is 0 Å². The van der Waals surface area contributed by atoms with E-state index >= 15 is 0 Å². The summed E-state index contributed by atoms with van der Waals surface area (Å²) >= 11 is 0. The van der Waals surface area contributed by atoms with Gasteiger partial charge < -0.3 is 9.84 Å². The van der Waals surface area contributed by atoms with Crippen molar-refractivity contribution in [1.82, 2.24) is 20.3 Å². The third-order valence-corrected chi connectivity index (χ3v) is 3.85. The molecule has 1 N–H and O–H groups in total. The van der Waals surface area contributed by atoms with Crippen molar-refractivity contribution >= 4 is 11.9 Å². The number of rotatable bonds is 3. The number of hydrogen-bond acceptors (Lipinski definition) is 5. The second-order valence-electron chi connectivity index (χ2n) is 5.27. The number of imide groups is 1. The molecule has 7 nitrogen and oxygen atoms in total. The molecule has 1 atom stereocenters. The van der Waals surface area contributed by atoms with Crippen LogP contribution in [0, 0.1) is 6.92 Å². The average molecular weight is 278 g/mol. The average Bonchev–Trinajstić information content (AvgIpc) is 3.10. The van der Waals surface area contributed by atoms with Crippen molar-refractivity contribution in [2.45, 2.75) is 25.8 Å². The Labute approximate surface area is 116 Å². The molecule has 3 rings (SSSR count). The summed E-state index contributed by atoms with van der Waals surface area (Å²) in [6.45, 7) is 3.95. The van der Waals surface area contributed by atoms with Gasteiger partial charge in [-0.05, 0) is 26.3 Å². The van der Waals surface area contributed by atoms with Crippen molar-refractivity contribution < 1.29 is 14.1 Å². The normalized spacial score (nSPS) is 23.4. The minimum atomic E-state index is -0.289. The summed E-state index contributed by atoms with van der Waals surface area (Å²) in [5.41, 5.74) is 0.874. The summed E-state index contributed by atoms with van der Waals surface area (Å²) < 4.78 is 5.11. The van der Waals surface area contributed by atoms with Gasteiger partial charge in [-0.15, -0.1) is 0 Å². The molecule has 0 unspecified atom stereocenters. The fraction of sp³-hybridized carbons (Fsp3) is 0.615. The molecule has 0 spiro atoms. The monoisotopic (exact) mass is 278 g/mol. The van der Waals surface area contributed by atoms with Crippen molar-refractivity contribution in [3.8, 4) is 0 Å². The first-order valence-corrected chi connectivity index (χ1v) is 6.90. The van der Waals surface area contributed by atoms with Crippen molar-refractivity contribution in [3.05, 3.63) is 17.5 Å². The summed E-state index contributed by atoms with van der Waals surface area (Å²) in [5.74, 6) is 0.629. The van der Waals surface area contributed by atoms with E-state index in [2.05, 4.69) is 15.4 Å². The van der Waals surface area contributed by atoms with Gasteiger partial charge in [0.15, 0.2) is 0 Å². The van der Waals surface area contributed by atoms with Gasteiger partial charge in [0.05, 0.1) is 12.6 Å². The number of urea groups is 1. The zero-order chi connectivity index (χ0) is 14.1. The van der Waals surface area contributed by atoms with Crippen LogP contribution in [0.15, 0.2) is 10.6 Å². The number of carbonyl (C=O) groups is 2. The Bertz CT molecular complexity index is 527. The molecule has 2 aliphatic heterocycles. The number of carbonyl (C=O) groups excluding carboxylic acids is 2. The minimum absolute atomic E-state index is 0.113. The second kappa shape index (κ2) is 5.24. The SMILES string of the molecule is Cc1cc([C@@H]2CCCN2CC(=O)N2CCNC2=O)no1. The van der Waals surface area contributed by atoms with Crippen molar-refractivity contribution in [2.24, 2.45) is 0 Å². The van der Waals surface area contributed by atoms with Gasteiger partial charge in [0.1, 0.15) is 11.5 Å². The number of nitrogens with one attached hydrogen (secondary N) is 1. The van der Waals surface area contributed by atoms with Crippen LogP contribution in [0.4, 0.5) is 4.79 Å². The Morgan fingerprint density at radius 2 is 2.40 bits per heavy atom. The maximum Gasteiger partial charge on any atom is 0.324 e. The molecule has 3 amide bonds. The molecular weight excluding hydrogens is 260 g/mol. The number of hydrogen-bond donors (Lipinski definition) is 1. The molecule has 7 heteroatoms. The number of amides is 3. The highest BCUT2D eigenvalue weighted by Crippen LogP contribution is 2.31. The number of likely N-dealkylation sites (tertiary alicyclic amines) is 1. The first kappa shape index (κ1) is 13.1. The first-order chi connectivity index (χ1) is 9.65. The molecule has 20 heavy (non-hydrogen) atoms. The van der Waals surface area contributed by atoms with Crippen LogP contribution in [0.5, 0.6) is 0 Å². The van der Waals surface area contributed by atoms with Crippen LogP contribution in [0.3, 0.4) is 0 Å². The fourth-order valence-corrected chi connectivity index (χ4v) is 2.86. The lowest BCUT2D eigenvalue weighted by molar-refractivity contribution is -0.129. The number of aryl methyl sites for hydroxylation is 1. The van der Waals surface area contributed by atoms with Gasteiger partial charge in [-0.1, -0.05) is 5.16 Å². The van der Waals surface area contributed by atoms with Crippen LogP contribution in [-0.2, 0) is 4.79 Å². The maximum absolute atomic E-state index is 12.2. The maximum atomic E-state index is 12.2. The van der Waals surface area contributed by atoms with E-state index in [1.54, 1.807) is 0 Å². The topological polar surface area (TPSA) is 78.7 Å². The highest BCUT2D eigenvalue weighted by molar-refractivity contribution is 5.96. The van der Waals surface area contributed by atoms with Gasteiger partial charge in [-0.2, -0.15) is 0 Å². The Morgan fingerprint density at radius 1 is 1.55 bits per heavy atom. The van der Waals surface area contributed by atoms with E-state index in [4.69, 9.17) is 4.52 Å². The molecule has 0 aromatic carbocycles. The quantitative estimate of drug-likeness (QED) is 0.879. The molecule has 0 radical (unpaired) electrons. The number of nitrogens with zero attached hydrogens (tertiary/aromatic N) is 3. The van der Waals surface area contributed by atoms with E-state index in [0.717, 1.165) is 30.8 Å². The molecule has 1 aromatic heterocycles. The molecule has 2 fully saturated rings. The number of aromatic nitrogens is 1. The summed E-state index contributed by atoms with van der Waals surface area (Å²) in [5, 5.41) is 6.69. The summed E-state index contributed by atoms with van der Waals surface area (Å²) in [7, 11) is 0. The third kappa shape index (κ3) is 2.40. The van der Waals surface area contributed by atoms with Crippen LogP contribution in [0.2, 0.25) is 0 Å². The lowest BCUT2D eigenvalue weighted by Gasteiger charge is -2.23. The molecule has 0 aliphatic carbocycles. The van der Waals surface area contributed by atoms with E-state index in [1.165, 1.54) is 4.90 Å². The van der Waals surface area contributed by atoms with Crippen LogP contribution in [-0.4, -0.2) is 53.1 Å². The highest BCUT2D eigenvalue weighted by Gasteiger charge is 2.33. The largest absolute Gasteiger partial charge is 0.361 e. The van der Waals surface area contributed by atoms with E-state index < -0.39 is 0 Å². The van der Waals surface area contributed by atoms with Gasteiger partial charge in [0.25, 0.3) is 0 Å². The zero-order valence-corrected chi connectivity index (χ0v) is 11.5. The van der Waals surface area contributed by atoms with Crippen LogP contribution in [0.1, 0.15) is 30.3 Å². The van der Waals surface area contributed by atoms with Gasteiger partial charge >= 0.3 is 6.03 Å². The van der Waals surface area contributed by atoms with Gasteiger partial charge in [0.2, 0.25) is 5.91 Å². The van der Waals surface area contributed by atoms with E-state index in [-0.39, 0.29) is 24.5 Å². The molecule has 108 valence electrons. The summed E-state index contributed by atoms with van der Waals surface area (Å²) in [6.07, 6.45) is 1.99. The smallest absolute Gasteiger partial charge is 0.324 e. The highest BCUT2D eigenvalue weighted by atomic mass is 16.5. The first-order valence-electron chi connectivity index (χ1n) is 6.90. The summed E-state index contributed by atoms with van der Waals surface area (Å²) in [4.78, 5) is 27.0. The Hall–Kier alpha value is -1.89. The molecule has 2 aliphatic rings. The minimum Gasteiger partial charge on any atom is -0.361 e. The zero-order valence-electron chi connectivity index (χ0n) is 11.5. The van der Waals surface area contributed by atoms with Crippen LogP contribution < -0.4 is 5.32 Å². The Balaban J connectivity index is 1.67. The molecule has 2 saturated heterocycles. The molecule has 1 aromatic rings. The van der Waals surface area contributed by atoms with Crippen molar-refractivity contribution in [2.75, 3.05) is 26.2 Å². The summed E-state index contributed by atoms with van der Waals surface area (Å²) in [6, 6.07) is 1.74. The predicted molar refractivity (Wildman–Crippen MR) is 69.9 cm³/mol. The second-order valence-corrected chi connectivity index (χ2v) is 5.27. The molecule has 0 bridgehead atoms. The predicted octanol–water partition coefficient (Wildman–Crippen LogP) is 0.672. The third-order valence-electron chi connectivity index (χ3n) is 3.85. The standard InChI is InChI=1S/C13H18N4O3/c1-9-7-10(15-20-9)11-3-2-5-16(11)8-12(18)17-6-4-14-13(17)19/h7,11H,2-6,8H2,1H3,(H,14,19)/t11-/m0/s1. The molecular formula is C13H18N4O3. The lowest BCUT2D eigenvalue weighted by atomic mass is 10.1. The van der Waals surface area contributed by atoms with Crippen LogP contribution >= 0.6 is 0 Å².